The zero-order valence-electron chi connectivity index (χ0n) is 8.90. The highest BCUT2D eigenvalue weighted by molar-refractivity contribution is 7.15. The van der Waals surface area contributed by atoms with Gasteiger partial charge in [0.05, 0.1) is 15.6 Å². The molecule has 0 unspecified atom stereocenters. The van der Waals surface area contributed by atoms with Gasteiger partial charge in [0.2, 0.25) is 0 Å². The van der Waals surface area contributed by atoms with Gasteiger partial charge < -0.3 is 5.32 Å². The standard InChI is InChI=1S/C10H12N4S/c1-6-10(15-7(2)12-6)8-4-5-9(11-3)14-13-8/h4-5H,1-3H3,(H,11,14). The molecular formula is C10H12N4S. The van der Waals surface area contributed by atoms with Gasteiger partial charge in [0.15, 0.2) is 0 Å². The van der Waals surface area contributed by atoms with Crippen molar-refractivity contribution >= 4 is 17.2 Å². The van der Waals surface area contributed by atoms with Gasteiger partial charge in [-0.3, -0.25) is 0 Å². The summed E-state index contributed by atoms with van der Waals surface area (Å²) in [7, 11) is 1.83. The van der Waals surface area contributed by atoms with Crippen molar-refractivity contribution in [1.29, 1.82) is 0 Å². The molecule has 0 spiro atoms. The second-order valence-corrected chi connectivity index (χ2v) is 4.40. The molecule has 0 aromatic carbocycles. The van der Waals surface area contributed by atoms with Crippen molar-refractivity contribution in [2.75, 3.05) is 12.4 Å². The summed E-state index contributed by atoms with van der Waals surface area (Å²) in [6.07, 6.45) is 0. The van der Waals surface area contributed by atoms with Gasteiger partial charge >= 0.3 is 0 Å². The lowest BCUT2D eigenvalue weighted by Crippen LogP contribution is -1.94. The minimum Gasteiger partial charge on any atom is -0.372 e. The van der Waals surface area contributed by atoms with Crippen LogP contribution in [0.5, 0.6) is 0 Å². The van der Waals surface area contributed by atoms with E-state index in [-0.39, 0.29) is 0 Å². The third kappa shape index (κ3) is 1.97. The average Bonchev–Trinajstić information content (AvgIpc) is 2.58. The molecule has 0 aliphatic heterocycles. The molecule has 2 rings (SSSR count). The Kier molecular flexibility index (Phi) is 2.64. The summed E-state index contributed by atoms with van der Waals surface area (Å²) < 4.78 is 0. The van der Waals surface area contributed by atoms with Crippen LogP contribution in [-0.2, 0) is 0 Å². The number of nitrogens with zero attached hydrogens (tertiary/aromatic N) is 3. The van der Waals surface area contributed by atoms with Gasteiger partial charge in [0, 0.05) is 7.05 Å². The van der Waals surface area contributed by atoms with E-state index in [1.165, 1.54) is 0 Å². The summed E-state index contributed by atoms with van der Waals surface area (Å²) in [5, 5.41) is 12.2. The first-order valence-corrected chi connectivity index (χ1v) is 5.48. The van der Waals surface area contributed by atoms with Gasteiger partial charge in [-0.1, -0.05) is 0 Å². The summed E-state index contributed by atoms with van der Waals surface area (Å²) in [4.78, 5) is 5.46. The molecule has 1 N–H and O–H groups in total. The fraction of sp³-hybridized carbons (Fsp3) is 0.300. The van der Waals surface area contributed by atoms with Crippen molar-refractivity contribution in [3.63, 3.8) is 0 Å². The maximum absolute atomic E-state index is 4.37. The van der Waals surface area contributed by atoms with Crippen LogP contribution >= 0.6 is 11.3 Å². The summed E-state index contributed by atoms with van der Waals surface area (Å²) in [5.74, 6) is 0.776. The van der Waals surface area contributed by atoms with E-state index >= 15 is 0 Å². The molecule has 78 valence electrons. The van der Waals surface area contributed by atoms with E-state index in [1.807, 2.05) is 33.0 Å². The lowest BCUT2D eigenvalue weighted by molar-refractivity contribution is 1.04. The molecule has 0 aliphatic rings. The Hall–Kier alpha value is -1.49. The van der Waals surface area contributed by atoms with E-state index < -0.39 is 0 Å². The highest BCUT2D eigenvalue weighted by atomic mass is 32.1. The summed E-state index contributed by atoms with van der Waals surface area (Å²) >= 11 is 1.65. The number of hydrogen-bond donors (Lipinski definition) is 1. The van der Waals surface area contributed by atoms with Crippen LogP contribution in [0.1, 0.15) is 10.7 Å². The number of rotatable bonds is 2. The Morgan fingerprint density at radius 2 is 2.00 bits per heavy atom. The van der Waals surface area contributed by atoms with Crippen molar-refractivity contribution in [2.45, 2.75) is 13.8 Å². The first kappa shape index (κ1) is 10.0. The number of nitrogens with one attached hydrogen (secondary N) is 1. The number of aromatic nitrogens is 3. The number of hydrogen-bond acceptors (Lipinski definition) is 5. The number of aryl methyl sites for hydroxylation is 2. The van der Waals surface area contributed by atoms with Crippen LogP contribution in [0, 0.1) is 13.8 Å². The third-order valence-electron chi connectivity index (χ3n) is 2.06. The molecule has 15 heavy (non-hydrogen) atoms. The van der Waals surface area contributed by atoms with Gasteiger partial charge in [0.1, 0.15) is 11.5 Å². The third-order valence-corrected chi connectivity index (χ3v) is 3.15. The van der Waals surface area contributed by atoms with Gasteiger partial charge in [0.25, 0.3) is 0 Å². The Morgan fingerprint density at radius 1 is 1.20 bits per heavy atom. The molecule has 0 aliphatic carbocycles. The Morgan fingerprint density at radius 3 is 2.47 bits per heavy atom. The summed E-state index contributed by atoms with van der Waals surface area (Å²) in [5.41, 5.74) is 1.90. The van der Waals surface area contributed by atoms with Crippen LogP contribution in [-0.4, -0.2) is 22.2 Å². The van der Waals surface area contributed by atoms with Crippen molar-refractivity contribution in [3.8, 4) is 10.6 Å². The van der Waals surface area contributed by atoms with Gasteiger partial charge in [-0.05, 0) is 26.0 Å². The normalized spacial score (nSPS) is 10.3. The molecule has 4 nitrogen and oxygen atoms in total. The summed E-state index contributed by atoms with van der Waals surface area (Å²) in [6.45, 7) is 3.99. The first-order valence-electron chi connectivity index (χ1n) is 4.66. The molecule has 0 radical (unpaired) electrons. The molecule has 0 bridgehead atoms. The Balaban J connectivity index is 2.41. The fourth-order valence-corrected chi connectivity index (χ4v) is 2.24. The minimum atomic E-state index is 0.776. The molecule has 2 aromatic heterocycles. The van der Waals surface area contributed by atoms with Gasteiger partial charge in [-0.2, -0.15) is 0 Å². The highest BCUT2D eigenvalue weighted by Crippen LogP contribution is 2.27. The molecular weight excluding hydrogens is 208 g/mol. The van der Waals surface area contributed by atoms with Crippen LogP contribution in [0.15, 0.2) is 12.1 Å². The van der Waals surface area contributed by atoms with E-state index in [1.54, 1.807) is 11.3 Å². The van der Waals surface area contributed by atoms with E-state index in [4.69, 9.17) is 0 Å². The molecule has 0 saturated carbocycles. The topological polar surface area (TPSA) is 50.7 Å². The van der Waals surface area contributed by atoms with E-state index in [0.29, 0.717) is 0 Å². The average molecular weight is 220 g/mol. The molecule has 0 fully saturated rings. The Labute approximate surface area is 92.4 Å². The van der Waals surface area contributed by atoms with Crippen LogP contribution in [0.3, 0.4) is 0 Å². The van der Waals surface area contributed by atoms with Gasteiger partial charge in [-0.25, -0.2) is 4.98 Å². The lowest BCUT2D eigenvalue weighted by Gasteiger charge is -1.99. The zero-order valence-corrected chi connectivity index (χ0v) is 9.72. The molecule has 0 saturated heterocycles. The van der Waals surface area contributed by atoms with Crippen LogP contribution < -0.4 is 5.32 Å². The van der Waals surface area contributed by atoms with Crippen molar-refractivity contribution < 1.29 is 0 Å². The van der Waals surface area contributed by atoms with Crippen molar-refractivity contribution in [2.24, 2.45) is 0 Å². The molecule has 2 heterocycles. The second kappa shape index (κ2) is 3.94. The maximum atomic E-state index is 4.37. The summed E-state index contributed by atoms with van der Waals surface area (Å²) in [6, 6.07) is 3.87. The van der Waals surface area contributed by atoms with Gasteiger partial charge in [-0.15, -0.1) is 21.5 Å². The van der Waals surface area contributed by atoms with E-state index in [9.17, 15) is 0 Å². The second-order valence-electron chi connectivity index (χ2n) is 3.20. The van der Waals surface area contributed by atoms with E-state index in [0.717, 1.165) is 27.1 Å². The Bertz CT molecular complexity index is 461. The van der Waals surface area contributed by atoms with Crippen molar-refractivity contribution in [1.82, 2.24) is 15.2 Å². The number of anilines is 1. The van der Waals surface area contributed by atoms with Crippen LogP contribution in [0.4, 0.5) is 5.82 Å². The van der Waals surface area contributed by atoms with Crippen LogP contribution in [0.25, 0.3) is 10.6 Å². The highest BCUT2D eigenvalue weighted by Gasteiger charge is 2.08. The molecule has 0 atom stereocenters. The quantitative estimate of drug-likeness (QED) is 0.843. The zero-order chi connectivity index (χ0) is 10.8. The minimum absolute atomic E-state index is 0.776. The molecule has 2 aromatic rings. The van der Waals surface area contributed by atoms with E-state index in [2.05, 4.69) is 20.5 Å². The largest absolute Gasteiger partial charge is 0.372 e. The predicted octanol–water partition coefficient (Wildman–Crippen LogP) is 2.26. The lowest BCUT2D eigenvalue weighted by atomic mass is 10.3. The number of thiazole rings is 1. The molecule has 0 amide bonds. The first-order chi connectivity index (χ1) is 7.20. The molecule has 5 heteroatoms. The SMILES string of the molecule is CNc1ccc(-c2sc(C)nc2C)nn1. The fourth-order valence-electron chi connectivity index (χ4n) is 1.36. The van der Waals surface area contributed by atoms with Crippen molar-refractivity contribution in [3.05, 3.63) is 22.8 Å². The smallest absolute Gasteiger partial charge is 0.148 e. The van der Waals surface area contributed by atoms with Crippen LogP contribution in [0.2, 0.25) is 0 Å². The maximum Gasteiger partial charge on any atom is 0.148 e. The predicted molar refractivity (Wildman–Crippen MR) is 62.2 cm³/mol. The monoisotopic (exact) mass is 220 g/mol.